The SMILES string of the molecule is Cc1ccc(-c2cc3[nH]c4ccccc4c3c3[nH]c4ccccc4c23)cc1. The highest BCUT2D eigenvalue weighted by Crippen LogP contribution is 2.41. The van der Waals surface area contributed by atoms with Crippen molar-refractivity contribution in [1.29, 1.82) is 0 Å². The van der Waals surface area contributed by atoms with Crippen LogP contribution in [0.2, 0.25) is 0 Å². The van der Waals surface area contributed by atoms with E-state index in [1.54, 1.807) is 0 Å². The summed E-state index contributed by atoms with van der Waals surface area (Å²) < 4.78 is 0. The van der Waals surface area contributed by atoms with Crippen molar-refractivity contribution >= 4 is 43.6 Å². The summed E-state index contributed by atoms with van der Waals surface area (Å²) >= 11 is 0. The molecule has 0 radical (unpaired) electrons. The van der Waals surface area contributed by atoms with Gasteiger partial charge in [0.1, 0.15) is 0 Å². The van der Waals surface area contributed by atoms with Gasteiger partial charge in [0.05, 0.1) is 5.52 Å². The third-order valence-electron chi connectivity index (χ3n) is 5.61. The molecule has 2 aromatic heterocycles. The molecule has 128 valence electrons. The molecule has 2 heteroatoms. The van der Waals surface area contributed by atoms with E-state index in [1.807, 2.05) is 0 Å². The lowest BCUT2D eigenvalue weighted by Gasteiger charge is -2.07. The summed E-state index contributed by atoms with van der Waals surface area (Å²) in [5.41, 5.74) is 8.53. The summed E-state index contributed by atoms with van der Waals surface area (Å²) in [6, 6.07) is 28.3. The second-order valence-electron chi connectivity index (χ2n) is 7.30. The molecule has 0 unspecified atom stereocenters. The molecule has 0 aliphatic heterocycles. The number of hydrogen-bond acceptors (Lipinski definition) is 0. The number of aromatic amines is 2. The van der Waals surface area contributed by atoms with Gasteiger partial charge in [-0.15, -0.1) is 0 Å². The third kappa shape index (κ3) is 2.01. The molecular weight excluding hydrogens is 328 g/mol. The molecule has 6 aromatic rings. The van der Waals surface area contributed by atoms with Crippen LogP contribution in [0.4, 0.5) is 0 Å². The summed E-state index contributed by atoms with van der Waals surface area (Å²) in [5, 5.41) is 5.11. The Morgan fingerprint density at radius 3 is 1.96 bits per heavy atom. The summed E-state index contributed by atoms with van der Waals surface area (Å²) in [6.07, 6.45) is 0. The predicted octanol–water partition coefficient (Wildman–Crippen LogP) is 6.93. The molecule has 0 saturated carbocycles. The molecule has 6 rings (SSSR count). The van der Waals surface area contributed by atoms with E-state index < -0.39 is 0 Å². The molecule has 0 fully saturated rings. The molecule has 0 amide bonds. The fourth-order valence-corrected chi connectivity index (χ4v) is 4.33. The van der Waals surface area contributed by atoms with Crippen LogP contribution in [0.15, 0.2) is 78.9 Å². The van der Waals surface area contributed by atoms with Crippen molar-refractivity contribution in [3.8, 4) is 11.1 Å². The van der Waals surface area contributed by atoms with E-state index in [2.05, 4.69) is 95.8 Å². The lowest BCUT2D eigenvalue weighted by molar-refractivity contribution is 1.47. The van der Waals surface area contributed by atoms with Crippen LogP contribution < -0.4 is 0 Å². The van der Waals surface area contributed by atoms with Crippen molar-refractivity contribution in [1.82, 2.24) is 9.97 Å². The fraction of sp³-hybridized carbons (Fsp3) is 0.0400. The summed E-state index contributed by atoms with van der Waals surface area (Å²) in [7, 11) is 0. The first-order chi connectivity index (χ1) is 13.3. The molecule has 2 nitrogen and oxygen atoms in total. The van der Waals surface area contributed by atoms with E-state index in [9.17, 15) is 0 Å². The van der Waals surface area contributed by atoms with Gasteiger partial charge in [-0.25, -0.2) is 0 Å². The van der Waals surface area contributed by atoms with Gasteiger partial charge in [0.15, 0.2) is 0 Å². The Bertz CT molecular complexity index is 1460. The maximum Gasteiger partial charge on any atom is 0.0572 e. The van der Waals surface area contributed by atoms with Crippen molar-refractivity contribution in [2.24, 2.45) is 0 Å². The van der Waals surface area contributed by atoms with Gasteiger partial charge in [-0.1, -0.05) is 66.2 Å². The topological polar surface area (TPSA) is 31.6 Å². The van der Waals surface area contributed by atoms with Crippen LogP contribution in [-0.2, 0) is 0 Å². The molecule has 0 spiro atoms. The van der Waals surface area contributed by atoms with Gasteiger partial charge < -0.3 is 9.97 Å². The monoisotopic (exact) mass is 346 g/mol. The predicted molar refractivity (Wildman–Crippen MR) is 115 cm³/mol. The number of nitrogens with one attached hydrogen (secondary N) is 2. The van der Waals surface area contributed by atoms with Crippen LogP contribution >= 0.6 is 0 Å². The Hall–Kier alpha value is -3.52. The van der Waals surface area contributed by atoms with E-state index in [4.69, 9.17) is 0 Å². The number of benzene rings is 4. The molecule has 0 saturated heterocycles. The van der Waals surface area contributed by atoms with Crippen molar-refractivity contribution < 1.29 is 0 Å². The van der Waals surface area contributed by atoms with Gasteiger partial charge in [0.25, 0.3) is 0 Å². The number of para-hydroxylation sites is 2. The van der Waals surface area contributed by atoms with E-state index in [-0.39, 0.29) is 0 Å². The fourth-order valence-electron chi connectivity index (χ4n) is 4.33. The zero-order chi connectivity index (χ0) is 18.0. The number of aryl methyl sites for hydroxylation is 1. The standard InChI is InChI=1S/C25H18N2/c1-15-10-12-16(13-11-15)19-14-22-24(18-7-3-4-8-20(18)26-22)25-23(19)17-6-2-5-9-21(17)27-25/h2-14,26-27H,1H3. The first-order valence-electron chi connectivity index (χ1n) is 9.30. The largest absolute Gasteiger partial charge is 0.354 e. The van der Waals surface area contributed by atoms with Gasteiger partial charge >= 0.3 is 0 Å². The van der Waals surface area contributed by atoms with Crippen LogP contribution in [0, 0.1) is 6.92 Å². The van der Waals surface area contributed by atoms with Crippen LogP contribution in [-0.4, -0.2) is 9.97 Å². The van der Waals surface area contributed by atoms with E-state index in [1.165, 1.54) is 60.3 Å². The number of hydrogen-bond donors (Lipinski definition) is 2. The number of fused-ring (bicyclic) bond motifs is 7. The Kier molecular flexibility index (Phi) is 2.84. The first-order valence-corrected chi connectivity index (χ1v) is 9.30. The molecule has 0 aliphatic rings. The van der Waals surface area contributed by atoms with Gasteiger partial charge in [-0.2, -0.15) is 0 Å². The van der Waals surface area contributed by atoms with Crippen LogP contribution in [0.5, 0.6) is 0 Å². The minimum atomic E-state index is 1.17. The number of aromatic nitrogens is 2. The quantitative estimate of drug-likeness (QED) is 0.323. The van der Waals surface area contributed by atoms with Gasteiger partial charge in [-0.05, 0) is 36.2 Å². The van der Waals surface area contributed by atoms with Crippen LogP contribution in [0.3, 0.4) is 0 Å². The lowest BCUT2D eigenvalue weighted by Crippen LogP contribution is -1.83. The second-order valence-corrected chi connectivity index (χ2v) is 7.30. The normalized spacial score (nSPS) is 11.9. The Morgan fingerprint density at radius 1 is 0.593 bits per heavy atom. The molecule has 0 atom stereocenters. The van der Waals surface area contributed by atoms with Crippen molar-refractivity contribution in [2.75, 3.05) is 0 Å². The zero-order valence-electron chi connectivity index (χ0n) is 15.0. The molecule has 2 N–H and O–H groups in total. The number of rotatable bonds is 1. The number of H-pyrrole nitrogens is 2. The average molecular weight is 346 g/mol. The Balaban J connectivity index is 1.88. The molecule has 0 aliphatic carbocycles. The molecule has 0 bridgehead atoms. The lowest BCUT2D eigenvalue weighted by atomic mass is 9.96. The summed E-state index contributed by atoms with van der Waals surface area (Å²) in [5.74, 6) is 0. The first kappa shape index (κ1) is 14.6. The zero-order valence-corrected chi connectivity index (χ0v) is 15.0. The minimum Gasteiger partial charge on any atom is -0.354 e. The highest BCUT2D eigenvalue weighted by Gasteiger charge is 2.17. The van der Waals surface area contributed by atoms with Gasteiger partial charge in [-0.3, -0.25) is 0 Å². The second kappa shape index (κ2) is 5.24. The summed E-state index contributed by atoms with van der Waals surface area (Å²) in [4.78, 5) is 7.32. The van der Waals surface area contributed by atoms with Gasteiger partial charge in [0, 0.05) is 38.1 Å². The Morgan fingerprint density at radius 2 is 1.22 bits per heavy atom. The van der Waals surface area contributed by atoms with Crippen LogP contribution in [0.1, 0.15) is 5.56 Å². The summed E-state index contributed by atoms with van der Waals surface area (Å²) in [6.45, 7) is 2.13. The van der Waals surface area contributed by atoms with Crippen molar-refractivity contribution in [2.45, 2.75) is 6.92 Å². The highest BCUT2D eigenvalue weighted by atomic mass is 14.7. The highest BCUT2D eigenvalue weighted by molar-refractivity contribution is 6.28. The van der Waals surface area contributed by atoms with Crippen molar-refractivity contribution in [3.05, 3.63) is 84.4 Å². The molecular formula is C25H18N2. The molecule has 27 heavy (non-hydrogen) atoms. The van der Waals surface area contributed by atoms with E-state index in [0.717, 1.165) is 0 Å². The van der Waals surface area contributed by atoms with Gasteiger partial charge in [0.2, 0.25) is 0 Å². The maximum atomic E-state index is 3.70. The molecule has 4 aromatic carbocycles. The minimum absolute atomic E-state index is 1.17. The van der Waals surface area contributed by atoms with Crippen LogP contribution in [0.25, 0.3) is 54.7 Å². The molecule has 2 heterocycles. The average Bonchev–Trinajstić information content (AvgIpc) is 3.26. The van der Waals surface area contributed by atoms with E-state index in [0.29, 0.717) is 0 Å². The maximum absolute atomic E-state index is 3.70. The third-order valence-corrected chi connectivity index (χ3v) is 5.61. The smallest absolute Gasteiger partial charge is 0.0572 e. The van der Waals surface area contributed by atoms with E-state index >= 15 is 0 Å². The van der Waals surface area contributed by atoms with Crippen molar-refractivity contribution in [3.63, 3.8) is 0 Å². The Labute approximate surface area is 156 Å².